The van der Waals surface area contributed by atoms with Crippen LogP contribution in [-0.4, -0.2) is 35.6 Å². The van der Waals surface area contributed by atoms with E-state index in [1.54, 1.807) is 6.26 Å². The van der Waals surface area contributed by atoms with E-state index < -0.39 is 0 Å². The van der Waals surface area contributed by atoms with Crippen molar-refractivity contribution in [2.24, 2.45) is 5.92 Å². The van der Waals surface area contributed by atoms with Gasteiger partial charge in [-0.25, -0.2) is 0 Å². The minimum atomic E-state index is -0.00249. The van der Waals surface area contributed by atoms with Crippen LogP contribution in [0.2, 0.25) is 0 Å². The summed E-state index contributed by atoms with van der Waals surface area (Å²) < 4.78 is 5.25. The average Bonchev–Trinajstić information content (AvgIpc) is 3.15. The van der Waals surface area contributed by atoms with Crippen LogP contribution in [0.15, 0.2) is 47.1 Å². The highest BCUT2D eigenvalue weighted by Crippen LogP contribution is 2.20. The van der Waals surface area contributed by atoms with Gasteiger partial charge >= 0.3 is 0 Å². The number of carbonyl (C=O) groups is 1. The van der Waals surface area contributed by atoms with Gasteiger partial charge in [0.1, 0.15) is 5.76 Å². The molecule has 0 bridgehead atoms. The SMILES string of the molecule is O=C(CCc1ccco1)Nc1cccc(CN2CCC(CO)CC2)c1. The van der Waals surface area contributed by atoms with Gasteiger partial charge in [-0.1, -0.05) is 12.1 Å². The summed E-state index contributed by atoms with van der Waals surface area (Å²) >= 11 is 0. The third kappa shape index (κ3) is 5.44. The molecule has 1 aliphatic rings. The van der Waals surface area contributed by atoms with Gasteiger partial charge in [-0.05, 0) is 61.7 Å². The van der Waals surface area contributed by atoms with Gasteiger partial charge in [0, 0.05) is 31.7 Å². The molecule has 5 nitrogen and oxygen atoms in total. The molecule has 1 aliphatic heterocycles. The lowest BCUT2D eigenvalue weighted by Gasteiger charge is -2.31. The molecule has 1 aromatic carbocycles. The number of carbonyl (C=O) groups excluding carboxylic acids is 1. The molecule has 25 heavy (non-hydrogen) atoms. The van der Waals surface area contributed by atoms with Crippen LogP contribution < -0.4 is 5.32 Å². The van der Waals surface area contributed by atoms with Crippen LogP contribution in [0.5, 0.6) is 0 Å². The van der Waals surface area contributed by atoms with Crippen molar-refractivity contribution in [1.29, 1.82) is 0 Å². The summed E-state index contributed by atoms with van der Waals surface area (Å²) in [5.74, 6) is 1.28. The largest absolute Gasteiger partial charge is 0.469 e. The summed E-state index contributed by atoms with van der Waals surface area (Å²) in [5, 5.41) is 12.2. The highest BCUT2D eigenvalue weighted by molar-refractivity contribution is 5.90. The topological polar surface area (TPSA) is 65.7 Å². The monoisotopic (exact) mass is 342 g/mol. The van der Waals surface area contributed by atoms with Crippen LogP contribution in [0.3, 0.4) is 0 Å². The third-order valence-electron chi connectivity index (χ3n) is 4.76. The fraction of sp³-hybridized carbons (Fsp3) is 0.450. The summed E-state index contributed by atoms with van der Waals surface area (Å²) in [5.41, 5.74) is 2.04. The highest BCUT2D eigenvalue weighted by Gasteiger charge is 2.18. The first-order chi connectivity index (χ1) is 12.2. The lowest BCUT2D eigenvalue weighted by Crippen LogP contribution is -2.34. The van der Waals surface area contributed by atoms with Crippen molar-refractivity contribution in [3.05, 3.63) is 54.0 Å². The van der Waals surface area contributed by atoms with Gasteiger partial charge in [-0.15, -0.1) is 0 Å². The maximum atomic E-state index is 12.1. The minimum absolute atomic E-state index is 0.00249. The van der Waals surface area contributed by atoms with Gasteiger partial charge in [-0.2, -0.15) is 0 Å². The second-order valence-electron chi connectivity index (χ2n) is 6.73. The highest BCUT2D eigenvalue weighted by atomic mass is 16.3. The van der Waals surface area contributed by atoms with Crippen molar-refractivity contribution in [1.82, 2.24) is 4.90 Å². The van der Waals surface area contributed by atoms with E-state index in [1.165, 1.54) is 5.56 Å². The zero-order valence-electron chi connectivity index (χ0n) is 14.5. The lowest BCUT2D eigenvalue weighted by atomic mass is 9.97. The van der Waals surface area contributed by atoms with Crippen molar-refractivity contribution < 1.29 is 14.3 Å². The molecule has 1 fully saturated rings. The van der Waals surface area contributed by atoms with Crippen molar-refractivity contribution >= 4 is 11.6 Å². The molecular formula is C20H26N2O3. The number of furan rings is 1. The number of aliphatic hydroxyl groups is 1. The molecular weight excluding hydrogens is 316 g/mol. The molecule has 1 aromatic heterocycles. The number of aliphatic hydroxyl groups excluding tert-OH is 1. The summed E-state index contributed by atoms with van der Waals surface area (Å²) in [4.78, 5) is 14.5. The van der Waals surface area contributed by atoms with Gasteiger partial charge < -0.3 is 14.8 Å². The first kappa shape index (κ1) is 17.7. The van der Waals surface area contributed by atoms with E-state index in [9.17, 15) is 9.90 Å². The molecule has 2 heterocycles. The molecule has 3 rings (SSSR count). The van der Waals surface area contributed by atoms with Crippen LogP contribution in [-0.2, 0) is 17.8 Å². The Balaban J connectivity index is 1.48. The zero-order valence-corrected chi connectivity index (χ0v) is 14.5. The Morgan fingerprint density at radius 1 is 1.24 bits per heavy atom. The Hall–Kier alpha value is -2.11. The molecule has 5 heteroatoms. The second-order valence-corrected chi connectivity index (χ2v) is 6.73. The number of benzene rings is 1. The van der Waals surface area contributed by atoms with Crippen molar-refractivity contribution in [2.45, 2.75) is 32.2 Å². The zero-order chi connectivity index (χ0) is 17.5. The van der Waals surface area contributed by atoms with E-state index in [-0.39, 0.29) is 5.91 Å². The first-order valence-electron chi connectivity index (χ1n) is 8.97. The van der Waals surface area contributed by atoms with Crippen LogP contribution in [0, 0.1) is 5.92 Å². The second kappa shape index (κ2) is 8.83. The van der Waals surface area contributed by atoms with Gasteiger partial charge in [0.15, 0.2) is 0 Å². The molecule has 1 amide bonds. The van der Waals surface area contributed by atoms with Crippen molar-refractivity contribution in [2.75, 3.05) is 25.0 Å². The molecule has 0 atom stereocenters. The van der Waals surface area contributed by atoms with E-state index in [0.717, 1.165) is 43.9 Å². The van der Waals surface area contributed by atoms with E-state index in [1.807, 2.05) is 30.3 Å². The number of nitrogens with zero attached hydrogens (tertiary/aromatic N) is 1. The Kier molecular flexibility index (Phi) is 6.25. The predicted octanol–water partition coefficient (Wildman–Crippen LogP) is 3.06. The molecule has 134 valence electrons. The lowest BCUT2D eigenvalue weighted by molar-refractivity contribution is -0.116. The number of rotatable bonds is 7. The number of anilines is 1. The van der Waals surface area contributed by atoms with E-state index in [2.05, 4.69) is 16.3 Å². The van der Waals surface area contributed by atoms with Gasteiger partial charge in [0.25, 0.3) is 0 Å². The molecule has 0 saturated carbocycles. The molecule has 0 aliphatic carbocycles. The first-order valence-corrected chi connectivity index (χ1v) is 8.97. The number of piperidine rings is 1. The maximum absolute atomic E-state index is 12.1. The number of amides is 1. The average molecular weight is 342 g/mol. The van der Waals surface area contributed by atoms with E-state index in [0.29, 0.717) is 25.4 Å². The Bertz CT molecular complexity index is 661. The summed E-state index contributed by atoms with van der Waals surface area (Å²) in [6.07, 6.45) is 4.75. The van der Waals surface area contributed by atoms with Crippen LogP contribution in [0.25, 0.3) is 0 Å². The number of likely N-dealkylation sites (tertiary alicyclic amines) is 1. The number of hydrogen-bond donors (Lipinski definition) is 2. The van der Waals surface area contributed by atoms with E-state index in [4.69, 9.17) is 4.42 Å². The Morgan fingerprint density at radius 2 is 2.08 bits per heavy atom. The Labute approximate surface area is 148 Å². The fourth-order valence-corrected chi connectivity index (χ4v) is 3.25. The normalized spacial score (nSPS) is 16.0. The standard InChI is InChI=1S/C20H26N2O3/c23-15-16-8-10-22(11-9-16)14-17-3-1-4-18(13-17)21-20(24)7-6-19-5-2-12-25-19/h1-5,12-13,16,23H,6-11,14-15H2,(H,21,24). The summed E-state index contributed by atoms with van der Waals surface area (Å²) in [6, 6.07) is 11.8. The smallest absolute Gasteiger partial charge is 0.224 e. The molecule has 0 radical (unpaired) electrons. The molecule has 0 spiro atoms. The van der Waals surface area contributed by atoms with Crippen molar-refractivity contribution in [3.8, 4) is 0 Å². The summed E-state index contributed by atoms with van der Waals surface area (Å²) in [6.45, 7) is 3.22. The van der Waals surface area contributed by atoms with Gasteiger partial charge in [0.2, 0.25) is 5.91 Å². The van der Waals surface area contributed by atoms with Gasteiger partial charge in [0.05, 0.1) is 6.26 Å². The van der Waals surface area contributed by atoms with Crippen LogP contribution in [0.4, 0.5) is 5.69 Å². The van der Waals surface area contributed by atoms with Gasteiger partial charge in [-0.3, -0.25) is 9.69 Å². The maximum Gasteiger partial charge on any atom is 0.224 e. The molecule has 2 aromatic rings. The quantitative estimate of drug-likeness (QED) is 0.812. The van der Waals surface area contributed by atoms with Crippen LogP contribution in [0.1, 0.15) is 30.6 Å². The molecule has 0 unspecified atom stereocenters. The van der Waals surface area contributed by atoms with E-state index >= 15 is 0 Å². The minimum Gasteiger partial charge on any atom is -0.469 e. The summed E-state index contributed by atoms with van der Waals surface area (Å²) in [7, 11) is 0. The molecule has 2 N–H and O–H groups in total. The molecule has 1 saturated heterocycles. The predicted molar refractivity (Wildman–Crippen MR) is 97.2 cm³/mol. The van der Waals surface area contributed by atoms with Crippen molar-refractivity contribution in [3.63, 3.8) is 0 Å². The number of hydrogen-bond acceptors (Lipinski definition) is 4. The number of aryl methyl sites for hydroxylation is 1. The van der Waals surface area contributed by atoms with Crippen LogP contribution >= 0.6 is 0 Å². The third-order valence-corrected chi connectivity index (χ3v) is 4.76. The Morgan fingerprint density at radius 3 is 2.80 bits per heavy atom. The number of nitrogens with one attached hydrogen (secondary N) is 1. The fourth-order valence-electron chi connectivity index (χ4n) is 3.25.